The smallest absolute Gasteiger partial charge is 0.268 e. The Hall–Kier alpha value is -2.78. The molecule has 0 radical (unpaired) electrons. The standard InChI is InChI=1S/C17H12N6OS2/c1-9-13-11(23-15(18-9)20-16(21-23)25-2)7-8-22(14(13)24)17-19-10-5-3-4-6-12(10)26-17/h3-8H,1-2H3. The number of hydrogen-bond donors (Lipinski definition) is 0. The molecule has 0 amide bonds. The van der Waals surface area contributed by atoms with Crippen molar-refractivity contribution < 1.29 is 0 Å². The molecule has 0 fully saturated rings. The Morgan fingerprint density at radius 3 is 2.77 bits per heavy atom. The van der Waals surface area contributed by atoms with Crippen LogP contribution in [-0.4, -0.2) is 35.4 Å². The third-order valence-electron chi connectivity index (χ3n) is 4.17. The number of benzene rings is 1. The van der Waals surface area contributed by atoms with Gasteiger partial charge in [0, 0.05) is 6.20 Å². The Morgan fingerprint density at radius 2 is 1.96 bits per heavy atom. The van der Waals surface area contributed by atoms with E-state index in [2.05, 4.69) is 20.1 Å². The summed E-state index contributed by atoms with van der Waals surface area (Å²) in [7, 11) is 0. The lowest BCUT2D eigenvalue weighted by molar-refractivity contribution is 0.900. The number of rotatable bonds is 2. The van der Waals surface area contributed by atoms with Gasteiger partial charge in [0.25, 0.3) is 11.3 Å². The van der Waals surface area contributed by atoms with Crippen molar-refractivity contribution in [3.05, 3.63) is 52.6 Å². The zero-order valence-electron chi connectivity index (χ0n) is 13.9. The molecule has 0 unspecified atom stereocenters. The highest BCUT2D eigenvalue weighted by Gasteiger charge is 2.16. The molecule has 0 atom stereocenters. The van der Waals surface area contributed by atoms with Crippen LogP contribution >= 0.6 is 23.1 Å². The zero-order chi connectivity index (χ0) is 17.8. The fourth-order valence-corrected chi connectivity index (χ4v) is 4.25. The van der Waals surface area contributed by atoms with Crippen molar-refractivity contribution in [2.75, 3.05) is 6.26 Å². The number of hydrogen-bond acceptors (Lipinski definition) is 7. The molecule has 0 aliphatic carbocycles. The Kier molecular flexibility index (Phi) is 3.34. The summed E-state index contributed by atoms with van der Waals surface area (Å²) in [5, 5.41) is 6.21. The van der Waals surface area contributed by atoms with E-state index >= 15 is 0 Å². The van der Waals surface area contributed by atoms with Gasteiger partial charge in [-0.05, 0) is 31.4 Å². The second kappa shape index (κ2) is 5.61. The second-order valence-electron chi connectivity index (χ2n) is 5.72. The number of thiazole rings is 1. The fraction of sp³-hybridized carbons (Fsp3) is 0.118. The molecule has 1 aromatic carbocycles. The lowest BCUT2D eigenvalue weighted by atomic mass is 10.2. The van der Waals surface area contributed by atoms with E-state index in [1.807, 2.05) is 43.5 Å². The number of aryl methyl sites for hydroxylation is 1. The number of fused-ring (bicyclic) bond motifs is 4. The molecule has 0 saturated carbocycles. The zero-order valence-corrected chi connectivity index (χ0v) is 15.5. The highest BCUT2D eigenvalue weighted by molar-refractivity contribution is 7.98. The van der Waals surface area contributed by atoms with Crippen molar-refractivity contribution in [3.8, 4) is 5.13 Å². The van der Waals surface area contributed by atoms with Crippen molar-refractivity contribution in [2.24, 2.45) is 0 Å². The van der Waals surface area contributed by atoms with Gasteiger partial charge in [-0.2, -0.15) is 9.50 Å². The topological polar surface area (TPSA) is 78.0 Å². The molecule has 4 heterocycles. The van der Waals surface area contributed by atoms with Crippen LogP contribution in [0.1, 0.15) is 5.69 Å². The molecule has 0 saturated heterocycles. The Bertz CT molecular complexity index is 1330. The van der Waals surface area contributed by atoms with Crippen LogP contribution in [0.15, 0.2) is 46.5 Å². The van der Waals surface area contributed by atoms with Gasteiger partial charge in [0.1, 0.15) is 0 Å². The molecule has 0 N–H and O–H groups in total. The first kappa shape index (κ1) is 15.5. The first-order valence-electron chi connectivity index (χ1n) is 7.84. The third kappa shape index (κ3) is 2.17. The number of aromatic nitrogens is 6. The summed E-state index contributed by atoms with van der Waals surface area (Å²) in [5.74, 6) is 0.497. The third-order valence-corrected chi connectivity index (χ3v) is 5.74. The monoisotopic (exact) mass is 380 g/mol. The average molecular weight is 380 g/mol. The van der Waals surface area contributed by atoms with Crippen LogP contribution in [0.3, 0.4) is 0 Å². The summed E-state index contributed by atoms with van der Waals surface area (Å²) < 4.78 is 4.23. The average Bonchev–Trinajstić information content (AvgIpc) is 3.25. The van der Waals surface area contributed by atoms with Crippen LogP contribution < -0.4 is 5.56 Å². The van der Waals surface area contributed by atoms with E-state index in [4.69, 9.17) is 0 Å². The van der Waals surface area contributed by atoms with E-state index in [1.165, 1.54) is 23.1 Å². The summed E-state index contributed by atoms with van der Waals surface area (Å²) in [6.45, 7) is 1.82. The van der Waals surface area contributed by atoms with Gasteiger partial charge in [-0.15, -0.1) is 5.10 Å². The van der Waals surface area contributed by atoms with Crippen LogP contribution in [0.2, 0.25) is 0 Å². The maximum Gasteiger partial charge on any atom is 0.268 e. The summed E-state index contributed by atoms with van der Waals surface area (Å²) in [5.41, 5.74) is 2.05. The first-order chi connectivity index (χ1) is 12.7. The van der Waals surface area contributed by atoms with Crippen molar-refractivity contribution >= 4 is 50.0 Å². The van der Waals surface area contributed by atoms with Gasteiger partial charge in [-0.3, -0.25) is 9.36 Å². The van der Waals surface area contributed by atoms with Gasteiger partial charge < -0.3 is 0 Å². The molecule has 128 valence electrons. The van der Waals surface area contributed by atoms with E-state index in [1.54, 1.807) is 15.3 Å². The first-order valence-corrected chi connectivity index (χ1v) is 9.88. The minimum absolute atomic E-state index is 0.158. The maximum absolute atomic E-state index is 13.2. The van der Waals surface area contributed by atoms with Crippen LogP contribution in [0.5, 0.6) is 0 Å². The summed E-state index contributed by atoms with van der Waals surface area (Å²) in [6, 6.07) is 9.71. The molecule has 7 nitrogen and oxygen atoms in total. The summed E-state index contributed by atoms with van der Waals surface area (Å²) >= 11 is 2.92. The van der Waals surface area contributed by atoms with E-state index in [0.29, 0.717) is 32.7 Å². The number of thioether (sulfide) groups is 1. The van der Waals surface area contributed by atoms with Crippen LogP contribution in [0, 0.1) is 6.92 Å². The molecule has 5 aromatic rings. The van der Waals surface area contributed by atoms with Crippen LogP contribution in [0.25, 0.3) is 32.0 Å². The lowest BCUT2D eigenvalue weighted by Crippen LogP contribution is -2.20. The highest BCUT2D eigenvalue weighted by atomic mass is 32.2. The Labute approximate surface area is 155 Å². The van der Waals surface area contributed by atoms with Crippen LogP contribution in [-0.2, 0) is 0 Å². The molecular formula is C17H12N6OS2. The second-order valence-corrected chi connectivity index (χ2v) is 7.51. The van der Waals surface area contributed by atoms with Gasteiger partial charge in [-0.1, -0.05) is 35.2 Å². The fourth-order valence-electron chi connectivity index (χ4n) is 2.97. The largest absolute Gasteiger partial charge is 0.268 e. The lowest BCUT2D eigenvalue weighted by Gasteiger charge is -2.06. The predicted molar refractivity (Wildman–Crippen MR) is 104 cm³/mol. The molecule has 5 rings (SSSR count). The highest BCUT2D eigenvalue weighted by Crippen LogP contribution is 2.25. The van der Waals surface area contributed by atoms with Crippen molar-refractivity contribution in [2.45, 2.75) is 12.1 Å². The van der Waals surface area contributed by atoms with Gasteiger partial charge in [0.15, 0.2) is 5.13 Å². The number of para-hydroxylation sites is 1. The van der Waals surface area contributed by atoms with E-state index in [9.17, 15) is 4.79 Å². The van der Waals surface area contributed by atoms with Crippen molar-refractivity contribution in [1.29, 1.82) is 0 Å². The summed E-state index contributed by atoms with van der Waals surface area (Å²) in [6.07, 6.45) is 3.64. The summed E-state index contributed by atoms with van der Waals surface area (Å²) in [4.78, 5) is 26.6. The van der Waals surface area contributed by atoms with E-state index in [-0.39, 0.29) is 5.56 Å². The molecule has 0 bridgehead atoms. The van der Waals surface area contributed by atoms with Gasteiger partial charge in [0.05, 0.1) is 26.8 Å². The predicted octanol–water partition coefficient (Wildman–Crippen LogP) is 3.07. The van der Waals surface area contributed by atoms with Gasteiger partial charge >= 0.3 is 0 Å². The minimum Gasteiger partial charge on any atom is -0.268 e. The number of nitrogens with zero attached hydrogens (tertiary/aromatic N) is 6. The number of pyridine rings is 1. The van der Waals surface area contributed by atoms with Crippen molar-refractivity contribution in [1.82, 2.24) is 29.1 Å². The molecule has 0 spiro atoms. The molecule has 4 aromatic heterocycles. The molecule has 0 aliphatic rings. The normalized spacial score (nSPS) is 11.8. The Morgan fingerprint density at radius 1 is 1.12 bits per heavy atom. The molecule has 26 heavy (non-hydrogen) atoms. The molecular weight excluding hydrogens is 368 g/mol. The minimum atomic E-state index is -0.158. The quantitative estimate of drug-likeness (QED) is 0.438. The van der Waals surface area contributed by atoms with E-state index < -0.39 is 0 Å². The molecule has 0 aliphatic heterocycles. The SMILES string of the molecule is CSc1nc2nc(C)c3c(=O)n(-c4nc5ccccc5s4)ccc3n2n1. The van der Waals surface area contributed by atoms with E-state index in [0.717, 1.165) is 10.2 Å². The maximum atomic E-state index is 13.2. The molecule has 9 heteroatoms. The Balaban J connectivity index is 1.83. The van der Waals surface area contributed by atoms with Gasteiger partial charge in [0.2, 0.25) is 5.16 Å². The van der Waals surface area contributed by atoms with Crippen LogP contribution in [0.4, 0.5) is 0 Å². The van der Waals surface area contributed by atoms with Gasteiger partial charge in [-0.25, -0.2) is 9.97 Å². The van der Waals surface area contributed by atoms with Crippen molar-refractivity contribution in [3.63, 3.8) is 0 Å².